The monoisotopic (exact) mass is 263 g/mol. The Morgan fingerprint density at radius 3 is 2.32 bits per heavy atom. The van der Waals surface area contributed by atoms with Gasteiger partial charge in [-0.1, -0.05) is 30.3 Å². The Hall–Kier alpha value is -1.39. The van der Waals surface area contributed by atoms with E-state index in [9.17, 15) is 4.79 Å². The van der Waals surface area contributed by atoms with Crippen LogP contribution in [0, 0.1) is 0 Å². The Balaban J connectivity index is 2.47. The molecule has 0 aliphatic heterocycles. The SMILES string of the molecule is CCN(CC)C(=O)CN(C)CC(N)c1ccccc1. The van der Waals surface area contributed by atoms with Crippen LogP contribution in [0.3, 0.4) is 0 Å². The number of benzene rings is 1. The molecule has 0 saturated heterocycles. The molecule has 1 unspecified atom stereocenters. The molecule has 2 N–H and O–H groups in total. The molecule has 0 aliphatic rings. The average molecular weight is 263 g/mol. The van der Waals surface area contributed by atoms with Gasteiger partial charge < -0.3 is 10.6 Å². The highest BCUT2D eigenvalue weighted by Crippen LogP contribution is 2.10. The van der Waals surface area contributed by atoms with Gasteiger partial charge in [0.2, 0.25) is 5.91 Å². The summed E-state index contributed by atoms with van der Waals surface area (Å²) in [5, 5.41) is 0. The highest BCUT2D eigenvalue weighted by atomic mass is 16.2. The van der Waals surface area contributed by atoms with Crippen LogP contribution in [0.4, 0.5) is 0 Å². The van der Waals surface area contributed by atoms with E-state index in [2.05, 4.69) is 0 Å². The van der Waals surface area contributed by atoms with E-state index in [1.165, 1.54) is 0 Å². The first-order valence-corrected chi connectivity index (χ1v) is 6.85. The second-order valence-electron chi connectivity index (χ2n) is 4.78. The molecule has 1 aromatic rings. The van der Waals surface area contributed by atoms with Crippen LogP contribution in [-0.4, -0.2) is 48.9 Å². The minimum atomic E-state index is -0.0595. The van der Waals surface area contributed by atoms with Crippen LogP contribution in [0.5, 0.6) is 0 Å². The van der Waals surface area contributed by atoms with Crippen molar-refractivity contribution < 1.29 is 4.79 Å². The van der Waals surface area contributed by atoms with Crippen molar-refractivity contribution in [3.63, 3.8) is 0 Å². The smallest absolute Gasteiger partial charge is 0.236 e. The summed E-state index contributed by atoms with van der Waals surface area (Å²) in [4.78, 5) is 15.8. The Kier molecular flexibility index (Phi) is 6.53. The lowest BCUT2D eigenvalue weighted by atomic mass is 10.1. The quantitative estimate of drug-likeness (QED) is 0.811. The van der Waals surface area contributed by atoms with Crippen LogP contribution in [0.2, 0.25) is 0 Å². The van der Waals surface area contributed by atoms with E-state index in [0.717, 1.165) is 18.7 Å². The number of hydrogen-bond donors (Lipinski definition) is 1. The zero-order chi connectivity index (χ0) is 14.3. The number of hydrogen-bond acceptors (Lipinski definition) is 3. The van der Waals surface area contributed by atoms with Crippen molar-refractivity contribution in [2.75, 3.05) is 33.2 Å². The minimum absolute atomic E-state index is 0.0595. The van der Waals surface area contributed by atoms with Gasteiger partial charge in [-0.2, -0.15) is 0 Å². The Labute approximate surface area is 116 Å². The third kappa shape index (κ3) is 5.01. The van der Waals surface area contributed by atoms with E-state index in [-0.39, 0.29) is 11.9 Å². The van der Waals surface area contributed by atoms with Crippen molar-refractivity contribution in [2.24, 2.45) is 5.73 Å². The van der Waals surface area contributed by atoms with E-state index in [1.54, 1.807) is 0 Å². The van der Waals surface area contributed by atoms with Gasteiger partial charge in [-0.25, -0.2) is 0 Å². The molecule has 19 heavy (non-hydrogen) atoms. The first-order chi connectivity index (χ1) is 9.08. The summed E-state index contributed by atoms with van der Waals surface area (Å²) in [6.07, 6.45) is 0. The number of likely N-dealkylation sites (N-methyl/N-ethyl adjacent to an activating group) is 2. The molecule has 1 rings (SSSR count). The summed E-state index contributed by atoms with van der Waals surface area (Å²) in [6.45, 7) is 6.61. The molecule has 0 aromatic heterocycles. The summed E-state index contributed by atoms with van der Waals surface area (Å²) < 4.78 is 0. The summed E-state index contributed by atoms with van der Waals surface area (Å²) >= 11 is 0. The third-order valence-corrected chi connectivity index (χ3v) is 3.26. The topological polar surface area (TPSA) is 49.6 Å². The van der Waals surface area contributed by atoms with Gasteiger partial charge in [-0.05, 0) is 26.5 Å². The molecular formula is C15H25N3O. The minimum Gasteiger partial charge on any atom is -0.342 e. The molecule has 0 saturated carbocycles. The summed E-state index contributed by atoms with van der Waals surface area (Å²) in [5.74, 6) is 0.160. The Morgan fingerprint density at radius 1 is 1.21 bits per heavy atom. The molecule has 4 nitrogen and oxygen atoms in total. The fourth-order valence-electron chi connectivity index (χ4n) is 2.11. The third-order valence-electron chi connectivity index (χ3n) is 3.26. The van der Waals surface area contributed by atoms with Crippen LogP contribution in [0.15, 0.2) is 30.3 Å². The van der Waals surface area contributed by atoms with Crippen molar-refractivity contribution in [3.05, 3.63) is 35.9 Å². The number of rotatable bonds is 7. The molecule has 0 heterocycles. The zero-order valence-electron chi connectivity index (χ0n) is 12.2. The molecule has 1 amide bonds. The molecule has 0 bridgehead atoms. The maximum Gasteiger partial charge on any atom is 0.236 e. The van der Waals surface area contributed by atoms with Crippen LogP contribution in [0.1, 0.15) is 25.5 Å². The molecule has 1 aromatic carbocycles. The van der Waals surface area contributed by atoms with Crippen LogP contribution < -0.4 is 5.73 Å². The molecule has 106 valence electrons. The van der Waals surface area contributed by atoms with Crippen LogP contribution >= 0.6 is 0 Å². The van der Waals surface area contributed by atoms with Crippen molar-refractivity contribution in [3.8, 4) is 0 Å². The predicted octanol–water partition coefficient (Wildman–Crippen LogP) is 1.49. The van der Waals surface area contributed by atoms with Gasteiger partial charge in [-0.15, -0.1) is 0 Å². The van der Waals surface area contributed by atoms with E-state index >= 15 is 0 Å². The predicted molar refractivity (Wildman–Crippen MR) is 78.8 cm³/mol. The van der Waals surface area contributed by atoms with Gasteiger partial charge in [0.25, 0.3) is 0 Å². The van der Waals surface area contributed by atoms with Gasteiger partial charge in [0.05, 0.1) is 6.54 Å². The zero-order valence-corrected chi connectivity index (χ0v) is 12.2. The lowest BCUT2D eigenvalue weighted by molar-refractivity contribution is -0.131. The van der Waals surface area contributed by atoms with Crippen LogP contribution in [-0.2, 0) is 4.79 Å². The fourth-order valence-corrected chi connectivity index (χ4v) is 2.11. The molecule has 0 aliphatic carbocycles. The van der Waals surface area contributed by atoms with E-state index < -0.39 is 0 Å². The van der Waals surface area contributed by atoms with Crippen molar-refractivity contribution in [1.82, 2.24) is 9.80 Å². The Morgan fingerprint density at radius 2 is 1.79 bits per heavy atom. The molecule has 4 heteroatoms. The van der Waals surface area contributed by atoms with E-state index in [0.29, 0.717) is 13.1 Å². The van der Waals surface area contributed by atoms with Crippen molar-refractivity contribution in [2.45, 2.75) is 19.9 Å². The van der Waals surface area contributed by atoms with Crippen LogP contribution in [0.25, 0.3) is 0 Å². The molecule has 0 fully saturated rings. The van der Waals surface area contributed by atoms with Gasteiger partial charge in [0.15, 0.2) is 0 Å². The second kappa shape index (κ2) is 7.92. The van der Waals surface area contributed by atoms with Gasteiger partial charge in [0.1, 0.15) is 0 Å². The molecule has 0 spiro atoms. The maximum atomic E-state index is 12.0. The summed E-state index contributed by atoms with van der Waals surface area (Å²) in [7, 11) is 1.93. The molecule has 0 radical (unpaired) electrons. The lowest BCUT2D eigenvalue weighted by Gasteiger charge is -2.25. The average Bonchev–Trinajstić information content (AvgIpc) is 2.40. The largest absolute Gasteiger partial charge is 0.342 e. The van der Waals surface area contributed by atoms with Gasteiger partial charge >= 0.3 is 0 Å². The first kappa shape index (κ1) is 15.7. The second-order valence-corrected chi connectivity index (χ2v) is 4.78. The number of carbonyl (C=O) groups is 1. The number of nitrogens with zero attached hydrogens (tertiary/aromatic N) is 2. The summed E-state index contributed by atoms with van der Waals surface area (Å²) in [6, 6.07) is 9.92. The molecule has 1 atom stereocenters. The highest BCUT2D eigenvalue weighted by Gasteiger charge is 2.15. The Bertz CT molecular complexity index is 376. The first-order valence-electron chi connectivity index (χ1n) is 6.85. The van der Waals surface area contributed by atoms with E-state index in [1.807, 2.05) is 61.0 Å². The van der Waals surface area contributed by atoms with Crippen molar-refractivity contribution >= 4 is 5.91 Å². The normalized spacial score (nSPS) is 12.5. The maximum absolute atomic E-state index is 12.0. The highest BCUT2D eigenvalue weighted by molar-refractivity contribution is 5.78. The van der Waals surface area contributed by atoms with Gasteiger partial charge in [-0.3, -0.25) is 9.69 Å². The van der Waals surface area contributed by atoms with E-state index in [4.69, 9.17) is 5.73 Å². The standard InChI is InChI=1S/C15H25N3O/c1-4-18(5-2)15(19)12-17(3)11-14(16)13-9-7-6-8-10-13/h6-10,14H,4-5,11-12,16H2,1-3H3. The molecular weight excluding hydrogens is 238 g/mol. The number of nitrogens with two attached hydrogens (primary N) is 1. The number of amides is 1. The lowest BCUT2D eigenvalue weighted by Crippen LogP contribution is -2.40. The van der Waals surface area contributed by atoms with Gasteiger partial charge in [0, 0.05) is 25.7 Å². The number of carbonyl (C=O) groups excluding carboxylic acids is 1. The fraction of sp³-hybridized carbons (Fsp3) is 0.533. The summed E-state index contributed by atoms with van der Waals surface area (Å²) in [5.41, 5.74) is 7.25. The van der Waals surface area contributed by atoms with Crippen molar-refractivity contribution in [1.29, 1.82) is 0 Å².